The first-order valence-electron chi connectivity index (χ1n) is 36.0. The number of phenols is 3. The predicted molar refractivity (Wildman–Crippen MR) is 410 cm³/mol. The zero-order chi connectivity index (χ0) is 84.0. The van der Waals surface area contributed by atoms with E-state index in [9.17, 15) is 114 Å². The van der Waals surface area contributed by atoms with Gasteiger partial charge in [-0.2, -0.15) is 0 Å². The van der Waals surface area contributed by atoms with Gasteiger partial charge in [0, 0.05) is 58.0 Å². The standard InChI is InChI=1S/C29H35N3O9.C27H27N3O7S.C24H25N3O8/c1-31(2)10-5-11-41-19(34)9-7-14-6-8-18(33)21-16(14)12-15-13-17-23(32(3)4)25(36)22(28(30)39)27(38)29(17,40)26(37)20(15)24(21)35;1-11-17(38-10-29-11)7-5-12-4-6-16(31)19-14(12)8-13-9-15-21(30(2)3)23(33)20(26(28)36)25(35)27(15,37)24(34)18(13)22(19)32;1-27(2)18-12-8-10-7-11-9(4-6-14(25)29)3-5-13(28)16(11)19(30)15(10)21(32)24(12,35)22(33)17(20(18)31)23(26)34/h6-9,15,17,23,33,35,38,40H,5,10-13H2,1-4H3,(H2,30,39);4-7,10,13,15,21,31-32,35,37H,8-9H2,1-3H3,(H2,28,36);3-6,10,12,18,28,30,33,35H,7-8H2,1-2H3,(H2,25,29)(H2,26,34)/b9-7+;7-5+;/t15-,17-,23-,29-;13-,15-,21-,27-;10-,12-,18-,24-/m000/s1. The van der Waals surface area contributed by atoms with Crippen molar-refractivity contribution in [2.75, 3.05) is 69.5 Å². The van der Waals surface area contributed by atoms with Crippen molar-refractivity contribution in [2.45, 2.75) is 86.8 Å². The second-order valence-corrected chi connectivity index (χ2v) is 31.4. The Kier molecular flexibility index (Phi) is 22.6. The maximum Gasteiger partial charge on any atom is 0.330 e. The van der Waals surface area contributed by atoms with Gasteiger partial charge < -0.3 is 93.8 Å². The number of aliphatic hydroxyl groups excluding tert-OH is 6. The predicted octanol–water partition coefficient (Wildman–Crippen LogP) is 1.83. The smallest absolute Gasteiger partial charge is 0.330 e. The Morgan fingerprint density at radius 2 is 0.816 bits per heavy atom. The van der Waals surface area contributed by atoms with Gasteiger partial charge in [0.2, 0.25) is 23.3 Å². The lowest BCUT2D eigenvalue weighted by atomic mass is 9.57. The molecule has 3 aromatic carbocycles. The number of rotatable bonds is 16. The van der Waals surface area contributed by atoms with Crippen LogP contribution in [-0.2, 0) is 76.7 Å². The maximum absolute atomic E-state index is 13.9. The average Bonchev–Trinajstić information content (AvgIpc) is 0.744. The number of aromatic nitrogens is 1. The molecule has 34 heteroatoms. The summed E-state index contributed by atoms with van der Waals surface area (Å²) in [4.78, 5) is 152. The van der Waals surface area contributed by atoms with Gasteiger partial charge in [-0.15, -0.1) is 11.3 Å². The lowest BCUT2D eigenvalue weighted by Crippen LogP contribution is -2.65. The molecule has 0 spiro atoms. The Hall–Kier alpha value is -11.8. The van der Waals surface area contributed by atoms with E-state index in [2.05, 4.69) is 4.98 Å². The fraction of sp³-hybridized carbons (Fsp3) is 0.375. The number of likely N-dealkylation sites (N-methyl/N-ethyl adjacent to an activating group) is 3. The summed E-state index contributed by atoms with van der Waals surface area (Å²) < 4.78 is 5.22. The van der Waals surface area contributed by atoms with Gasteiger partial charge >= 0.3 is 5.97 Å². The number of carbonyl (C=O) groups excluding carboxylic acids is 11. The van der Waals surface area contributed by atoms with Crippen LogP contribution in [0.15, 0.2) is 105 Å². The van der Waals surface area contributed by atoms with E-state index in [1.165, 1.54) is 96.7 Å². The summed E-state index contributed by atoms with van der Waals surface area (Å²) in [6.07, 6.45) is 10.1. The van der Waals surface area contributed by atoms with E-state index < -0.39 is 186 Å². The van der Waals surface area contributed by atoms with E-state index in [0.717, 1.165) is 23.2 Å². The van der Waals surface area contributed by atoms with Gasteiger partial charge in [-0.1, -0.05) is 24.3 Å². The first kappa shape index (κ1) is 83.2. The van der Waals surface area contributed by atoms with Gasteiger partial charge in [-0.25, -0.2) is 9.78 Å². The van der Waals surface area contributed by atoms with Crippen molar-refractivity contribution in [2.24, 2.45) is 58.4 Å². The molecular formula is C80H87N9O24S. The molecular weight excluding hydrogens is 1500 g/mol. The highest BCUT2D eigenvalue weighted by Crippen LogP contribution is 2.57. The number of nitrogens with zero attached hydrogens (tertiary/aromatic N) is 5. The molecule has 114 heavy (non-hydrogen) atoms. The number of carbonyl (C=O) groups is 11. The number of ether oxygens (including phenoxy) is 1. The topological polar surface area (TPSA) is 570 Å². The van der Waals surface area contributed by atoms with Gasteiger partial charge in [0.1, 0.15) is 68.5 Å². The number of benzene rings is 3. The van der Waals surface area contributed by atoms with Crippen LogP contribution in [0.5, 0.6) is 17.2 Å². The van der Waals surface area contributed by atoms with Crippen LogP contribution in [0.2, 0.25) is 0 Å². The quantitative estimate of drug-likeness (QED) is 0.0329. The number of fused-ring (bicyclic) bond motifs is 9. The molecule has 602 valence electrons. The number of aliphatic hydroxyl groups is 9. The minimum absolute atomic E-state index is 0.0274. The van der Waals surface area contributed by atoms with Crippen LogP contribution in [0.4, 0.5) is 0 Å². The molecule has 12 atom stereocenters. The molecule has 13 rings (SSSR count). The lowest BCUT2D eigenvalue weighted by Gasteiger charge is -2.50. The minimum atomic E-state index is -2.70. The van der Waals surface area contributed by atoms with Crippen molar-refractivity contribution in [3.63, 3.8) is 0 Å². The van der Waals surface area contributed by atoms with E-state index in [0.29, 0.717) is 39.8 Å². The fourth-order valence-corrected chi connectivity index (χ4v) is 18.5. The van der Waals surface area contributed by atoms with Gasteiger partial charge in [0.15, 0.2) is 34.2 Å². The Morgan fingerprint density at radius 1 is 0.491 bits per heavy atom. The van der Waals surface area contributed by atoms with Crippen molar-refractivity contribution in [3.8, 4) is 17.2 Å². The monoisotopic (exact) mass is 1590 g/mol. The minimum Gasteiger partial charge on any atom is -0.508 e. The molecule has 9 aliphatic rings. The number of ketones is 6. The number of aromatic hydroxyl groups is 3. The number of hydrogen-bond donors (Lipinski definition) is 16. The summed E-state index contributed by atoms with van der Waals surface area (Å²) in [6, 6.07) is 5.31. The second kappa shape index (κ2) is 31.0. The highest BCUT2D eigenvalue weighted by atomic mass is 32.1. The summed E-state index contributed by atoms with van der Waals surface area (Å²) in [5, 5.41) is 133. The molecule has 0 aliphatic heterocycles. The van der Waals surface area contributed by atoms with Crippen LogP contribution in [-0.4, -0.2) is 255 Å². The van der Waals surface area contributed by atoms with E-state index >= 15 is 0 Å². The molecule has 4 aromatic rings. The van der Waals surface area contributed by atoms with Gasteiger partial charge in [-0.3, -0.25) is 62.6 Å². The van der Waals surface area contributed by atoms with E-state index in [1.54, 1.807) is 31.7 Å². The van der Waals surface area contributed by atoms with E-state index in [-0.39, 0.29) is 95.8 Å². The third kappa shape index (κ3) is 13.6. The van der Waals surface area contributed by atoms with Crippen LogP contribution < -0.4 is 22.9 Å². The molecule has 0 bridgehead atoms. The molecule has 0 unspecified atom stereocenters. The Bertz CT molecular complexity index is 5210. The molecule has 1 aromatic heterocycles. The zero-order valence-corrected chi connectivity index (χ0v) is 64.1. The number of phenolic OH excluding ortho intramolecular Hbond substituents is 3. The molecule has 9 aliphatic carbocycles. The number of aryl methyl sites for hydroxylation is 1. The Morgan fingerprint density at radius 3 is 1.11 bits per heavy atom. The normalized spacial score (nSPS) is 27.1. The zero-order valence-electron chi connectivity index (χ0n) is 63.3. The molecule has 0 radical (unpaired) electrons. The van der Waals surface area contributed by atoms with Crippen LogP contribution >= 0.6 is 11.3 Å². The highest BCUT2D eigenvalue weighted by Gasteiger charge is 2.68. The van der Waals surface area contributed by atoms with Crippen LogP contribution in [0, 0.1) is 42.4 Å². The molecule has 0 saturated heterocycles. The van der Waals surface area contributed by atoms with Crippen molar-refractivity contribution >= 4 is 117 Å². The molecule has 4 amide bonds. The largest absolute Gasteiger partial charge is 0.508 e. The van der Waals surface area contributed by atoms with Crippen molar-refractivity contribution in [1.82, 2.24) is 24.6 Å². The number of esters is 1. The number of primary amides is 4. The Labute approximate surface area is 655 Å². The van der Waals surface area contributed by atoms with E-state index in [1.807, 2.05) is 38.1 Å². The van der Waals surface area contributed by atoms with E-state index in [4.69, 9.17) is 27.7 Å². The van der Waals surface area contributed by atoms with Crippen molar-refractivity contribution in [3.05, 3.63) is 165 Å². The molecule has 3 saturated carbocycles. The lowest BCUT2D eigenvalue weighted by molar-refractivity contribution is -0.155. The first-order chi connectivity index (χ1) is 53.4. The summed E-state index contributed by atoms with van der Waals surface area (Å²) in [7, 11) is 13.1. The molecule has 33 nitrogen and oxygen atoms in total. The van der Waals surface area contributed by atoms with Gasteiger partial charge in [0.05, 0.1) is 52.6 Å². The number of amides is 4. The van der Waals surface area contributed by atoms with Crippen LogP contribution in [0.3, 0.4) is 0 Å². The second-order valence-electron chi connectivity index (χ2n) is 30.5. The summed E-state index contributed by atoms with van der Waals surface area (Å²) in [5.41, 5.74) is 15.6. The first-order valence-corrected chi connectivity index (χ1v) is 36.8. The summed E-state index contributed by atoms with van der Waals surface area (Å²) in [5.74, 6) is -22.3. The fourth-order valence-electron chi connectivity index (χ4n) is 17.8. The number of nitrogens with two attached hydrogens (primary N) is 4. The number of hydrogen-bond acceptors (Lipinski definition) is 30. The maximum atomic E-state index is 13.9. The van der Waals surface area contributed by atoms with Crippen LogP contribution in [0.25, 0.3) is 41.6 Å². The van der Waals surface area contributed by atoms with Gasteiger partial charge in [-0.05, 0) is 196 Å². The summed E-state index contributed by atoms with van der Waals surface area (Å²) >= 11 is 1.47. The Balaban J connectivity index is 0.000000169. The third-order valence-electron chi connectivity index (χ3n) is 22.9. The third-order valence-corrected chi connectivity index (χ3v) is 23.8. The van der Waals surface area contributed by atoms with Crippen molar-refractivity contribution in [1.29, 1.82) is 0 Å². The highest BCUT2D eigenvalue weighted by molar-refractivity contribution is 7.10. The van der Waals surface area contributed by atoms with Crippen molar-refractivity contribution < 1.29 is 119 Å². The van der Waals surface area contributed by atoms with Gasteiger partial charge in [0.25, 0.3) is 17.7 Å². The molecule has 1 heterocycles. The number of Topliss-reactive ketones (excluding diaryl/α,β-unsaturated/α-hetero) is 6. The van der Waals surface area contributed by atoms with Crippen LogP contribution in [0.1, 0.15) is 86.3 Å². The molecule has 20 N–H and O–H groups in total. The summed E-state index contributed by atoms with van der Waals surface area (Å²) in [6.45, 7) is 2.88. The SMILES string of the molecule is CN(C)CCCOC(=O)/C=C/c1ccc(O)c2c1C[C@H]1C[C@H]3[C@H](N(C)C)C(=O)C(C(N)=O)=C(O)[C@@]3(O)C(=O)C1=C2O.CN(C)[C@@H]1C(=O)C(C(N)=O)=C(O)[C@@]2(O)C(=O)C3=C(O)c4c(O)ccc(C=CC(N)=O)c4C[C@H]3C[C@@H]12.Cc1ncsc1/C=C/c1ccc(O)c2c1C[C@H]1C[C@H]3[C@H](N(C)C)C(=O)C(C(N)=O)=C(O)[C@@]3(O)C(=O)C1=C2O. The molecule has 3 fully saturated rings. The number of thiazole rings is 1. The average molecular weight is 1590 g/mol.